The van der Waals surface area contributed by atoms with Crippen LogP contribution < -0.4 is 5.48 Å². The fraction of sp³-hybridized carbons (Fsp3) is 0.400. The van der Waals surface area contributed by atoms with E-state index in [-0.39, 0.29) is 0 Å². The fourth-order valence-corrected chi connectivity index (χ4v) is 1.19. The average Bonchev–Trinajstić information content (AvgIpc) is 2.15. The molecular formula is C10H16N2O. The number of anilines is 1. The van der Waals surface area contributed by atoms with Crippen LogP contribution in [0.5, 0.6) is 0 Å². The third-order valence-electron chi connectivity index (χ3n) is 1.97. The van der Waals surface area contributed by atoms with E-state index in [2.05, 4.69) is 10.4 Å². The van der Waals surface area contributed by atoms with Crippen LogP contribution in [0.4, 0.5) is 5.69 Å². The molecule has 72 valence electrons. The van der Waals surface area contributed by atoms with Gasteiger partial charge in [0.25, 0.3) is 0 Å². The summed E-state index contributed by atoms with van der Waals surface area (Å²) in [6, 6.07) is 7.76. The van der Waals surface area contributed by atoms with Crippen LogP contribution in [-0.4, -0.2) is 30.7 Å². The van der Waals surface area contributed by atoms with Gasteiger partial charge in [-0.2, -0.15) is 0 Å². The van der Waals surface area contributed by atoms with Crippen molar-refractivity contribution >= 4 is 5.69 Å². The van der Waals surface area contributed by atoms with E-state index >= 15 is 0 Å². The minimum atomic E-state index is 0.796. The van der Waals surface area contributed by atoms with Crippen molar-refractivity contribution in [1.82, 2.24) is 4.90 Å². The maximum absolute atomic E-state index is 8.82. The molecule has 2 N–H and O–H groups in total. The molecule has 0 aliphatic heterocycles. The summed E-state index contributed by atoms with van der Waals surface area (Å²) in [7, 11) is 4.07. The zero-order chi connectivity index (χ0) is 9.68. The molecule has 1 aromatic carbocycles. The number of hydrogen-bond donors (Lipinski definition) is 2. The van der Waals surface area contributed by atoms with E-state index in [4.69, 9.17) is 5.21 Å². The molecule has 0 saturated heterocycles. The first-order valence-electron chi connectivity index (χ1n) is 4.37. The Kier molecular flexibility index (Phi) is 3.73. The first-order chi connectivity index (χ1) is 6.24. The lowest BCUT2D eigenvalue weighted by Crippen LogP contribution is -2.15. The predicted molar refractivity (Wildman–Crippen MR) is 54.1 cm³/mol. The topological polar surface area (TPSA) is 35.5 Å². The number of nitrogens with zero attached hydrogens (tertiary/aromatic N) is 1. The summed E-state index contributed by atoms with van der Waals surface area (Å²) < 4.78 is 0. The minimum absolute atomic E-state index is 0.796. The molecule has 1 aromatic rings. The van der Waals surface area contributed by atoms with E-state index < -0.39 is 0 Å². The molecule has 0 radical (unpaired) electrons. The quantitative estimate of drug-likeness (QED) is 0.691. The Morgan fingerprint density at radius 1 is 1.31 bits per heavy atom. The molecule has 0 saturated carbocycles. The molecule has 3 heteroatoms. The SMILES string of the molecule is CN(C)CCc1ccccc1NO. The zero-order valence-corrected chi connectivity index (χ0v) is 8.12. The van der Waals surface area contributed by atoms with Crippen molar-refractivity contribution in [3.8, 4) is 0 Å². The standard InChI is InChI=1S/C10H16N2O/c1-12(2)8-7-9-5-3-4-6-10(9)11-13/h3-6,11,13H,7-8H2,1-2H3. The molecule has 0 fully saturated rings. The van der Waals surface area contributed by atoms with Crippen molar-refractivity contribution in [2.24, 2.45) is 0 Å². The van der Waals surface area contributed by atoms with Gasteiger partial charge in [-0.1, -0.05) is 18.2 Å². The van der Waals surface area contributed by atoms with Crippen molar-refractivity contribution in [1.29, 1.82) is 0 Å². The third-order valence-corrected chi connectivity index (χ3v) is 1.97. The van der Waals surface area contributed by atoms with Gasteiger partial charge in [0.2, 0.25) is 0 Å². The minimum Gasteiger partial charge on any atom is -0.309 e. The second-order valence-corrected chi connectivity index (χ2v) is 3.32. The van der Waals surface area contributed by atoms with Gasteiger partial charge in [-0.05, 0) is 32.1 Å². The van der Waals surface area contributed by atoms with Crippen LogP contribution in [0.2, 0.25) is 0 Å². The lowest BCUT2D eigenvalue weighted by Gasteiger charge is -2.11. The highest BCUT2D eigenvalue weighted by molar-refractivity contribution is 5.49. The Morgan fingerprint density at radius 3 is 2.62 bits per heavy atom. The number of para-hydroxylation sites is 1. The van der Waals surface area contributed by atoms with Gasteiger partial charge in [0.1, 0.15) is 0 Å². The van der Waals surface area contributed by atoms with E-state index in [9.17, 15) is 0 Å². The summed E-state index contributed by atoms with van der Waals surface area (Å²) in [5.74, 6) is 0. The van der Waals surface area contributed by atoms with Crippen LogP contribution >= 0.6 is 0 Å². The van der Waals surface area contributed by atoms with Gasteiger partial charge in [-0.25, -0.2) is 0 Å². The third kappa shape index (κ3) is 3.05. The predicted octanol–water partition coefficient (Wildman–Crippen LogP) is 1.59. The molecule has 0 aliphatic carbocycles. The van der Waals surface area contributed by atoms with E-state index in [1.165, 1.54) is 0 Å². The first kappa shape index (κ1) is 10.0. The van der Waals surface area contributed by atoms with Crippen LogP contribution in [0.15, 0.2) is 24.3 Å². The molecule has 0 aromatic heterocycles. The molecular weight excluding hydrogens is 164 g/mol. The van der Waals surface area contributed by atoms with Crippen LogP contribution in [0.25, 0.3) is 0 Å². The molecule has 0 amide bonds. The Hall–Kier alpha value is -1.06. The lowest BCUT2D eigenvalue weighted by molar-refractivity contribution is 0.385. The van der Waals surface area contributed by atoms with Gasteiger partial charge in [0, 0.05) is 6.54 Å². The van der Waals surface area contributed by atoms with Gasteiger partial charge in [0.05, 0.1) is 5.69 Å². The van der Waals surface area contributed by atoms with Gasteiger partial charge >= 0.3 is 0 Å². The summed E-state index contributed by atoms with van der Waals surface area (Å²) in [5.41, 5.74) is 4.13. The maximum atomic E-state index is 8.82. The molecule has 13 heavy (non-hydrogen) atoms. The normalized spacial score (nSPS) is 10.5. The van der Waals surface area contributed by atoms with Crippen molar-refractivity contribution in [3.05, 3.63) is 29.8 Å². The van der Waals surface area contributed by atoms with E-state index in [1.807, 2.05) is 38.4 Å². The van der Waals surface area contributed by atoms with Crippen LogP contribution in [-0.2, 0) is 6.42 Å². The summed E-state index contributed by atoms with van der Waals surface area (Å²) in [6.07, 6.45) is 0.941. The van der Waals surface area contributed by atoms with E-state index in [0.29, 0.717) is 0 Å². The number of rotatable bonds is 4. The number of benzene rings is 1. The van der Waals surface area contributed by atoms with Gasteiger partial charge in [0.15, 0.2) is 0 Å². The monoisotopic (exact) mass is 180 g/mol. The van der Waals surface area contributed by atoms with E-state index in [0.717, 1.165) is 24.2 Å². The summed E-state index contributed by atoms with van der Waals surface area (Å²) in [6.45, 7) is 0.985. The van der Waals surface area contributed by atoms with Gasteiger partial charge < -0.3 is 4.90 Å². The van der Waals surface area contributed by atoms with Crippen molar-refractivity contribution < 1.29 is 5.21 Å². The molecule has 3 nitrogen and oxygen atoms in total. The Balaban J connectivity index is 2.64. The number of nitrogens with one attached hydrogen (secondary N) is 1. The second kappa shape index (κ2) is 4.84. The maximum Gasteiger partial charge on any atom is 0.0634 e. The molecule has 0 unspecified atom stereocenters. The molecule has 0 aliphatic rings. The molecule has 0 heterocycles. The van der Waals surface area contributed by atoms with Crippen molar-refractivity contribution in [2.45, 2.75) is 6.42 Å². The fourth-order valence-electron chi connectivity index (χ4n) is 1.19. The van der Waals surface area contributed by atoms with Crippen LogP contribution in [0.1, 0.15) is 5.56 Å². The number of likely N-dealkylation sites (N-methyl/N-ethyl adjacent to an activating group) is 1. The summed E-state index contributed by atoms with van der Waals surface area (Å²) in [5, 5.41) is 8.82. The Morgan fingerprint density at radius 2 is 2.00 bits per heavy atom. The summed E-state index contributed by atoms with van der Waals surface area (Å²) >= 11 is 0. The Bertz CT molecular complexity index is 261. The highest BCUT2D eigenvalue weighted by Gasteiger charge is 2.00. The van der Waals surface area contributed by atoms with Crippen molar-refractivity contribution in [2.75, 3.05) is 26.1 Å². The highest BCUT2D eigenvalue weighted by Crippen LogP contribution is 2.14. The zero-order valence-electron chi connectivity index (χ0n) is 8.12. The smallest absolute Gasteiger partial charge is 0.0634 e. The van der Waals surface area contributed by atoms with E-state index in [1.54, 1.807) is 0 Å². The second-order valence-electron chi connectivity index (χ2n) is 3.32. The first-order valence-corrected chi connectivity index (χ1v) is 4.37. The lowest BCUT2D eigenvalue weighted by atomic mass is 10.1. The molecule has 0 atom stereocenters. The van der Waals surface area contributed by atoms with Crippen molar-refractivity contribution in [3.63, 3.8) is 0 Å². The largest absolute Gasteiger partial charge is 0.309 e. The van der Waals surface area contributed by atoms with Crippen LogP contribution in [0.3, 0.4) is 0 Å². The Labute approximate surface area is 78.9 Å². The molecule has 0 bridgehead atoms. The van der Waals surface area contributed by atoms with Crippen LogP contribution in [0, 0.1) is 0 Å². The molecule has 0 spiro atoms. The van der Waals surface area contributed by atoms with Gasteiger partial charge in [-0.3, -0.25) is 10.7 Å². The number of hydrogen-bond acceptors (Lipinski definition) is 3. The summed E-state index contributed by atoms with van der Waals surface area (Å²) in [4.78, 5) is 2.12. The van der Waals surface area contributed by atoms with Gasteiger partial charge in [-0.15, -0.1) is 0 Å². The highest BCUT2D eigenvalue weighted by atomic mass is 16.5. The molecule has 1 rings (SSSR count). The average molecular weight is 180 g/mol.